The molecule has 0 spiro atoms. The number of nitrogens with zero attached hydrogens (tertiary/aromatic N) is 1. The van der Waals surface area contributed by atoms with Gasteiger partial charge in [0.25, 0.3) is 0 Å². The maximum absolute atomic E-state index is 12.9. The molecule has 7 heteroatoms. The third-order valence-corrected chi connectivity index (χ3v) is 5.65. The first-order valence-electron chi connectivity index (χ1n) is 6.32. The average Bonchev–Trinajstić information content (AvgIpc) is 2.38. The van der Waals surface area contributed by atoms with E-state index >= 15 is 0 Å². The first-order valence-corrected chi connectivity index (χ1v) is 8.14. The Kier molecular flexibility index (Phi) is 4.59. The monoisotopic (exact) mass is 319 g/mol. The standard InChI is InChI=1S/C13H18ClNO4S/c1-9-7-19-8-10(2)15(9)20(16,17)13-6-11(14)4-5-12(13)18-3/h4-6,9-10H,7-8H2,1-3H3/t9-,10+. The minimum Gasteiger partial charge on any atom is -0.495 e. The summed E-state index contributed by atoms with van der Waals surface area (Å²) in [7, 11) is -2.24. The van der Waals surface area contributed by atoms with E-state index in [1.807, 2.05) is 13.8 Å². The third kappa shape index (κ3) is 2.79. The fraction of sp³-hybridized carbons (Fsp3) is 0.538. The van der Waals surface area contributed by atoms with E-state index in [4.69, 9.17) is 21.1 Å². The number of ether oxygens (including phenoxy) is 2. The maximum atomic E-state index is 12.9. The lowest BCUT2D eigenvalue weighted by molar-refractivity contribution is 0.00630. The summed E-state index contributed by atoms with van der Waals surface area (Å²) in [5.41, 5.74) is 0. The van der Waals surface area contributed by atoms with Crippen LogP contribution in [0.15, 0.2) is 23.1 Å². The van der Waals surface area contributed by atoms with E-state index < -0.39 is 10.0 Å². The van der Waals surface area contributed by atoms with Crippen LogP contribution in [0.25, 0.3) is 0 Å². The van der Waals surface area contributed by atoms with Gasteiger partial charge in [-0.05, 0) is 32.0 Å². The number of benzene rings is 1. The van der Waals surface area contributed by atoms with Crippen molar-refractivity contribution in [1.29, 1.82) is 0 Å². The van der Waals surface area contributed by atoms with E-state index in [2.05, 4.69) is 0 Å². The second kappa shape index (κ2) is 5.89. The van der Waals surface area contributed by atoms with Gasteiger partial charge in [0.05, 0.1) is 20.3 Å². The molecule has 1 aliphatic rings. The van der Waals surface area contributed by atoms with Crippen molar-refractivity contribution in [2.24, 2.45) is 0 Å². The quantitative estimate of drug-likeness (QED) is 0.856. The highest BCUT2D eigenvalue weighted by Gasteiger charge is 2.37. The molecule has 1 saturated heterocycles. The molecule has 1 aliphatic heterocycles. The summed E-state index contributed by atoms with van der Waals surface area (Å²) in [5.74, 6) is 0.292. The lowest BCUT2D eigenvalue weighted by Gasteiger charge is -2.37. The highest BCUT2D eigenvalue weighted by atomic mass is 35.5. The first kappa shape index (κ1) is 15.6. The molecule has 112 valence electrons. The maximum Gasteiger partial charge on any atom is 0.247 e. The second-order valence-corrected chi connectivity index (χ2v) is 7.11. The van der Waals surface area contributed by atoms with Crippen LogP contribution < -0.4 is 4.74 Å². The molecule has 1 aromatic carbocycles. The molecule has 20 heavy (non-hydrogen) atoms. The smallest absolute Gasteiger partial charge is 0.247 e. The van der Waals surface area contributed by atoms with Gasteiger partial charge in [0.1, 0.15) is 10.6 Å². The van der Waals surface area contributed by atoms with E-state index in [9.17, 15) is 8.42 Å². The van der Waals surface area contributed by atoms with Gasteiger partial charge in [-0.2, -0.15) is 4.31 Å². The lowest BCUT2D eigenvalue weighted by Crippen LogP contribution is -2.52. The number of methoxy groups -OCH3 is 1. The van der Waals surface area contributed by atoms with Crippen LogP contribution in [0.2, 0.25) is 5.02 Å². The summed E-state index contributed by atoms with van der Waals surface area (Å²) in [6.45, 7) is 4.41. The molecule has 0 aliphatic carbocycles. The predicted octanol–water partition coefficient (Wildman–Crippen LogP) is 2.15. The average molecular weight is 320 g/mol. The predicted molar refractivity (Wildman–Crippen MR) is 76.8 cm³/mol. The molecule has 2 atom stereocenters. The summed E-state index contributed by atoms with van der Waals surface area (Å²) in [5, 5.41) is 0.359. The van der Waals surface area contributed by atoms with Crippen LogP contribution in [0.5, 0.6) is 5.75 Å². The zero-order valence-corrected chi connectivity index (χ0v) is 13.2. The van der Waals surface area contributed by atoms with Crippen molar-refractivity contribution in [3.63, 3.8) is 0 Å². The molecule has 0 saturated carbocycles. The van der Waals surface area contributed by atoms with Gasteiger partial charge < -0.3 is 9.47 Å². The van der Waals surface area contributed by atoms with Crippen LogP contribution >= 0.6 is 11.6 Å². The lowest BCUT2D eigenvalue weighted by atomic mass is 10.2. The Hall–Kier alpha value is -0.820. The summed E-state index contributed by atoms with van der Waals surface area (Å²) >= 11 is 5.93. The Morgan fingerprint density at radius 1 is 1.30 bits per heavy atom. The molecule has 0 amide bonds. The largest absolute Gasteiger partial charge is 0.495 e. The zero-order valence-electron chi connectivity index (χ0n) is 11.7. The molecule has 5 nitrogen and oxygen atoms in total. The van der Waals surface area contributed by atoms with Gasteiger partial charge >= 0.3 is 0 Å². The van der Waals surface area contributed by atoms with E-state index in [-0.39, 0.29) is 17.0 Å². The Balaban J connectivity index is 2.51. The summed E-state index contributed by atoms with van der Waals surface area (Å²) in [4.78, 5) is 0.0908. The van der Waals surface area contributed by atoms with Gasteiger partial charge in [0.15, 0.2) is 0 Å². The van der Waals surface area contributed by atoms with E-state index in [0.717, 1.165) is 0 Å². The summed E-state index contributed by atoms with van der Waals surface area (Å²) in [6, 6.07) is 4.13. The minimum absolute atomic E-state index is 0.0908. The third-order valence-electron chi connectivity index (χ3n) is 3.27. The molecule has 2 rings (SSSR count). The highest BCUT2D eigenvalue weighted by molar-refractivity contribution is 7.89. The normalized spacial score (nSPS) is 24.6. The fourth-order valence-corrected chi connectivity index (χ4v) is 4.64. The zero-order chi connectivity index (χ0) is 14.9. The molecule has 1 aromatic rings. The molecule has 0 unspecified atom stereocenters. The van der Waals surface area contributed by atoms with E-state index in [0.29, 0.717) is 24.0 Å². The van der Waals surface area contributed by atoms with Crippen LogP contribution in [-0.2, 0) is 14.8 Å². The SMILES string of the molecule is COc1ccc(Cl)cc1S(=O)(=O)N1[C@H](C)COC[C@@H]1C. The fourth-order valence-electron chi connectivity index (χ4n) is 2.43. The highest BCUT2D eigenvalue weighted by Crippen LogP contribution is 2.32. The topological polar surface area (TPSA) is 55.8 Å². The van der Waals surface area contributed by atoms with Crippen molar-refractivity contribution in [3.05, 3.63) is 23.2 Å². The molecule has 1 heterocycles. The van der Waals surface area contributed by atoms with Crippen LogP contribution in [0.4, 0.5) is 0 Å². The van der Waals surface area contributed by atoms with Gasteiger partial charge in [-0.1, -0.05) is 11.6 Å². The van der Waals surface area contributed by atoms with Crippen molar-refractivity contribution in [1.82, 2.24) is 4.31 Å². The van der Waals surface area contributed by atoms with E-state index in [1.165, 1.54) is 17.5 Å². The summed E-state index contributed by atoms with van der Waals surface area (Å²) < 4.78 is 37.7. The molecule has 0 radical (unpaired) electrons. The molecule has 1 fully saturated rings. The Morgan fingerprint density at radius 2 is 1.90 bits per heavy atom. The number of hydrogen-bond donors (Lipinski definition) is 0. The van der Waals surface area contributed by atoms with Crippen LogP contribution in [0.1, 0.15) is 13.8 Å². The number of halogens is 1. The van der Waals surface area contributed by atoms with Crippen molar-refractivity contribution < 1.29 is 17.9 Å². The minimum atomic E-state index is -3.68. The molecule has 0 N–H and O–H groups in total. The number of hydrogen-bond acceptors (Lipinski definition) is 4. The molecule has 0 bridgehead atoms. The van der Waals surface area contributed by atoms with Crippen molar-refractivity contribution in [2.45, 2.75) is 30.8 Å². The second-order valence-electron chi connectivity index (χ2n) is 4.87. The van der Waals surface area contributed by atoms with Crippen molar-refractivity contribution in [3.8, 4) is 5.75 Å². The number of sulfonamides is 1. The molecular weight excluding hydrogens is 302 g/mol. The van der Waals surface area contributed by atoms with Gasteiger partial charge in [-0.25, -0.2) is 8.42 Å². The Bertz CT molecular complexity index is 580. The number of morpholine rings is 1. The van der Waals surface area contributed by atoms with Crippen LogP contribution in [0, 0.1) is 0 Å². The van der Waals surface area contributed by atoms with Crippen LogP contribution in [-0.4, -0.2) is 45.1 Å². The summed E-state index contributed by atoms with van der Waals surface area (Å²) in [6.07, 6.45) is 0. The van der Waals surface area contributed by atoms with Crippen molar-refractivity contribution >= 4 is 21.6 Å². The first-order chi connectivity index (χ1) is 9.37. The number of rotatable bonds is 3. The van der Waals surface area contributed by atoms with Gasteiger partial charge in [-0.15, -0.1) is 0 Å². The Labute approximate surface area is 124 Å². The van der Waals surface area contributed by atoms with E-state index in [1.54, 1.807) is 12.1 Å². The van der Waals surface area contributed by atoms with Crippen LogP contribution in [0.3, 0.4) is 0 Å². The Morgan fingerprint density at radius 3 is 2.45 bits per heavy atom. The van der Waals surface area contributed by atoms with Gasteiger partial charge in [-0.3, -0.25) is 0 Å². The molecule has 0 aromatic heterocycles. The van der Waals surface area contributed by atoms with Crippen molar-refractivity contribution in [2.75, 3.05) is 20.3 Å². The van der Waals surface area contributed by atoms with Gasteiger partial charge in [0, 0.05) is 17.1 Å². The van der Waals surface area contributed by atoms with Gasteiger partial charge in [0.2, 0.25) is 10.0 Å². The molecular formula is C13H18ClNO4S.